The fraction of sp³-hybridized carbons (Fsp3) is 0.194. The van der Waals surface area contributed by atoms with Gasteiger partial charge in [0.15, 0.2) is 0 Å². The molecule has 2 aromatic heterocycles. The summed E-state index contributed by atoms with van der Waals surface area (Å²) in [5, 5.41) is 3.51. The van der Waals surface area contributed by atoms with Gasteiger partial charge in [0.25, 0.3) is 0 Å². The van der Waals surface area contributed by atoms with E-state index in [1.807, 2.05) is 24.3 Å². The van der Waals surface area contributed by atoms with E-state index in [2.05, 4.69) is 82.0 Å². The van der Waals surface area contributed by atoms with E-state index in [9.17, 15) is 0 Å². The number of benzene rings is 3. The molecule has 1 N–H and O–H groups in total. The second-order valence-corrected chi connectivity index (χ2v) is 9.84. The number of hydrogen-bond donors (Lipinski definition) is 1. The lowest BCUT2D eigenvalue weighted by atomic mass is 9.98. The number of nitrogens with zero attached hydrogens (tertiary/aromatic N) is 2. The zero-order chi connectivity index (χ0) is 24.6. The van der Waals surface area contributed by atoms with Gasteiger partial charge in [-0.1, -0.05) is 72.4 Å². The number of anilines is 1. The van der Waals surface area contributed by atoms with Crippen molar-refractivity contribution in [2.75, 3.05) is 12.4 Å². The predicted molar refractivity (Wildman–Crippen MR) is 152 cm³/mol. The quantitative estimate of drug-likeness (QED) is 0.258. The molecule has 6 rings (SSSR count). The molecule has 0 aliphatic carbocycles. The first-order chi connectivity index (χ1) is 17.6. The molecule has 4 nitrogen and oxygen atoms in total. The van der Waals surface area contributed by atoms with Crippen LogP contribution in [0.5, 0.6) is 5.75 Å². The van der Waals surface area contributed by atoms with Crippen molar-refractivity contribution in [3.8, 4) is 28.1 Å². The maximum Gasteiger partial charge on any atom is 0.128 e. The minimum absolute atomic E-state index is 0.716. The highest BCUT2D eigenvalue weighted by Gasteiger charge is 2.28. The summed E-state index contributed by atoms with van der Waals surface area (Å²) in [6.07, 6.45) is 5.64. The summed E-state index contributed by atoms with van der Waals surface area (Å²) in [6, 6.07) is 27.4. The number of rotatable bonds is 5. The Morgan fingerprint density at radius 1 is 0.889 bits per heavy atom. The molecular formula is C31H29N3OS. The Bertz CT molecular complexity index is 1540. The lowest BCUT2D eigenvalue weighted by Crippen LogP contribution is -2.14. The van der Waals surface area contributed by atoms with Crippen LogP contribution in [0.15, 0.2) is 85.1 Å². The van der Waals surface area contributed by atoms with Crippen LogP contribution in [0.1, 0.15) is 29.7 Å². The molecule has 3 heterocycles. The van der Waals surface area contributed by atoms with Gasteiger partial charge in [0, 0.05) is 29.6 Å². The van der Waals surface area contributed by atoms with Crippen LogP contribution < -0.4 is 10.1 Å². The molecule has 3 aromatic carbocycles. The summed E-state index contributed by atoms with van der Waals surface area (Å²) in [7, 11) is 1.68. The summed E-state index contributed by atoms with van der Waals surface area (Å²) < 4.78 is 10.2. The van der Waals surface area contributed by atoms with Crippen molar-refractivity contribution in [1.29, 1.82) is 0 Å². The van der Waals surface area contributed by atoms with Crippen molar-refractivity contribution in [3.63, 3.8) is 0 Å². The van der Waals surface area contributed by atoms with E-state index in [1.165, 1.54) is 39.2 Å². The third-order valence-corrected chi connectivity index (χ3v) is 7.40. The molecule has 0 amide bonds. The number of aryl methyl sites for hydroxylation is 3. The van der Waals surface area contributed by atoms with Gasteiger partial charge in [0.1, 0.15) is 16.4 Å². The molecule has 0 atom stereocenters. The maximum absolute atomic E-state index is 6.11. The zero-order valence-corrected chi connectivity index (χ0v) is 21.4. The number of hydrogen-bond acceptors (Lipinski definition) is 2. The van der Waals surface area contributed by atoms with Crippen LogP contribution in [0.3, 0.4) is 0 Å². The summed E-state index contributed by atoms with van der Waals surface area (Å²) >= 11 is 6.11. The second-order valence-electron chi connectivity index (χ2n) is 9.43. The number of thiocarbonyl (C=S) groups is 1. The molecule has 0 saturated heterocycles. The molecule has 0 radical (unpaired) electrons. The fourth-order valence-electron chi connectivity index (χ4n) is 5.34. The summed E-state index contributed by atoms with van der Waals surface area (Å²) in [5.74, 6) is 0.825. The van der Waals surface area contributed by atoms with Gasteiger partial charge in [-0.05, 0) is 61.6 Å². The predicted octanol–water partition coefficient (Wildman–Crippen LogP) is 7.52. The van der Waals surface area contributed by atoms with Gasteiger partial charge in [-0.15, -0.1) is 0 Å². The molecule has 5 aromatic rings. The van der Waals surface area contributed by atoms with Crippen LogP contribution in [-0.2, 0) is 13.0 Å². The van der Waals surface area contributed by atoms with Crippen LogP contribution in [0, 0.1) is 6.92 Å². The first kappa shape index (κ1) is 22.6. The molecule has 0 spiro atoms. The Morgan fingerprint density at radius 3 is 2.36 bits per heavy atom. The van der Waals surface area contributed by atoms with Crippen LogP contribution in [0.4, 0.5) is 5.69 Å². The van der Waals surface area contributed by atoms with E-state index < -0.39 is 0 Å². The average molecular weight is 492 g/mol. The van der Waals surface area contributed by atoms with E-state index in [0.29, 0.717) is 4.99 Å². The van der Waals surface area contributed by atoms with Crippen LogP contribution in [-0.4, -0.2) is 21.1 Å². The van der Waals surface area contributed by atoms with E-state index in [4.69, 9.17) is 17.0 Å². The van der Waals surface area contributed by atoms with Crippen LogP contribution in [0.25, 0.3) is 28.0 Å². The van der Waals surface area contributed by atoms with Crippen molar-refractivity contribution in [1.82, 2.24) is 8.97 Å². The average Bonchev–Trinajstić information content (AvgIpc) is 3.33. The van der Waals surface area contributed by atoms with Crippen molar-refractivity contribution in [2.45, 2.75) is 32.7 Å². The molecule has 0 saturated carbocycles. The maximum atomic E-state index is 6.11. The number of ether oxygens (including phenoxy) is 1. The fourth-order valence-corrected chi connectivity index (χ4v) is 5.66. The van der Waals surface area contributed by atoms with Crippen LogP contribution >= 0.6 is 12.2 Å². The van der Waals surface area contributed by atoms with E-state index in [-0.39, 0.29) is 0 Å². The van der Waals surface area contributed by atoms with Crippen molar-refractivity contribution in [3.05, 3.63) is 102 Å². The first-order valence-corrected chi connectivity index (χ1v) is 12.9. The minimum atomic E-state index is 0.716. The summed E-state index contributed by atoms with van der Waals surface area (Å²) in [6.45, 7) is 3.14. The Kier molecular flexibility index (Phi) is 5.86. The molecule has 180 valence electrons. The minimum Gasteiger partial charge on any atom is -0.497 e. The second kappa shape index (κ2) is 9.32. The van der Waals surface area contributed by atoms with Gasteiger partial charge in [0.05, 0.1) is 18.5 Å². The third kappa shape index (κ3) is 3.90. The topological polar surface area (TPSA) is 30.6 Å². The Balaban J connectivity index is 1.57. The molecule has 1 aliphatic rings. The zero-order valence-electron chi connectivity index (χ0n) is 20.6. The van der Waals surface area contributed by atoms with Crippen molar-refractivity contribution < 1.29 is 4.74 Å². The van der Waals surface area contributed by atoms with Gasteiger partial charge in [-0.2, -0.15) is 0 Å². The molecular weight excluding hydrogens is 462 g/mol. The van der Waals surface area contributed by atoms with Crippen LogP contribution in [0.2, 0.25) is 0 Å². The third-order valence-electron chi connectivity index (χ3n) is 7.11. The number of nitrogens with one attached hydrogen (secondary N) is 1. The molecule has 5 heteroatoms. The number of imidazole rings is 1. The number of aromatic nitrogens is 2. The van der Waals surface area contributed by atoms with E-state index in [1.54, 1.807) is 7.11 Å². The highest BCUT2D eigenvalue weighted by Crippen LogP contribution is 2.40. The largest absolute Gasteiger partial charge is 0.497 e. The van der Waals surface area contributed by atoms with Gasteiger partial charge >= 0.3 is 0 Å². The molecule has 1 aliphatic heterocycles. The monoisotopic (exact) mass is 491 g/mol. The lowest BCUT2D eigenvalue weighted by molar-refractivity contribution is 0.415. The van der Waals surface area contributed by atoms with E-state index >= 15 is 0 Å². The standard InChI is InChI=1S/C31H29N3OS/c1-21-11-13-22(14-12-21)27-20-34-29(30(36)32-24-15-17-25(35-2)18-16-24)28(23-8-4-3-5-9-23)26-10-6-7-19-33(27)31(26)34/h3-5,8-9,11-18,20H,6-7,10,19H2,1-2H3,(H,32,36). The van der Waals surface area contributed by atoms with Gasteiger partial charge < -0.3 is 14.6 Å². The van der Waals surface area contributed by atoms with E-state index in [0.717, 1.165) is 42.9 Å². The Morgan fingerprint density at radius 2 is 1.64 bits per heavy atom. The highest BCUT2D eigenvalue weighted by molar-refractivity contribution is 7.81. The Hall–Kier alpha value is -3.83. The number of methoxy groups -OCH3 is 1. The SMILES string of the molecule is COc1ccc(NC(=S)c2c(-c3ccccc3)c3c4n(c(-c5ccc(C)cc5)cn24)CCCC3)cc1. The molecule has 36 heavy (non-hydrogen) atoms. The molecule has 0 fully saturated rings. The highest BCUT2D eigenvalue weighted by atomic mass is 32.1. The summed E-state index contributed by atoms with van der Waals surface area (Å²) in [4.78, 5) is 0.716. The first-order valence-electron chi connectivity index (χ1n) is 12.5. The lowest BCUT2D eigenvalue weighted by Gasteiger charge is -2.12. The summed E-state index contributed by atoms with van der Waals surface area (Å²) in [5.41, 5.74) is 10.8. The molecule has 0 unspecified atom stereocenters. The van der Waals surface area contributed by atoms with Gasteiger partial charge in [-0.25, -0.2) is 0 Å². The van der Waals surface area contributed by atoms with Gasteiger partial charge in [-0.3, -0.25) is 4.40 Å². The van der Waals surface area contributed by atoms with Crippen molar-refractivity contribution >= 4 is 28.5 Å². The molecule has 0 bridgehead atoms. The van der Waals surface area contributed by atoms with Crippen molar-refractivity contribution in [2.24, 2.45) is 0 Å². The van der Waals surface area contributed by atoms with Gasteiger partial charge in [0.2, 0.25) is 0 Å². The normalized spacial score (nSPS) is 12.9. The smallest absolute Gasteiger partial charge is 0.128 e. The Labute approximate surface area is 217 Å².